The van der Waals surface area contributed by atoms with Gasteiger partial charge in [0.2, 0.25) is 5.88 Å². The summed E-state index contributed by atoms with van der Waals surface area (Å²) in [5, 5.41) is 5.67. The highest BCUT2D eigenvalue weighted by Gasteiger charge is 2.50. The van der Waals surface area contributed by atoms with Gasteiger partial charge in [0.05, 0.1) is 25.3 Å². The third-order valence-corrected chi connectivity index (χ3v) is 8.55. The number of hydrogen-bond acceptors (Lipinski definition) is 10. The summed E-state index contributed by atoms with van der Waals surface area (Å²) in [6.07, 6.45) is 0.862. The number of rotatable bonds is 5. The van der Waals surface area contributed by atoms with E-state index >= 15 is 4.39 Å². The zero-order chi connectivity index (χ0) is 37.0. The highest BCUT2D eigenvalue weighted by atomic mass is 19.3. The monoisotopic (exact) mass is 714 g/mol. The van der Waals surface area contributed by atoms with Crippen LogP contribution in [0.4, 0.5) is 44.7 Å². The lowest BCUT2D eigenvalue weighted by molar-refractivity contribution is -0.167. The van der Waals surface area contributed by atoms with Crippen LogP contribution in [0.5, 0.6) is 5.88 Å². The Balaban J connectivity index is 1.32. The third-order valence-electron chi connectivity index (χ3n) is 8.55. The van der Waals surface area contributed by atoms with E-state index in [0.29, 0.717) is 35.0 Å². The molecule has 2 fully saturated rings. The van der Waals surface area contributed by atoms with Crippen LogP contribution in [0.15, 0.2) is 24.5 Å². The number of hydrogen-bond donors (Lipinski definition) is 2. The number of fused-ring (bicyclic) bond motifs is 2. The molecule has 16 heteroatoms. The molecule has 51 heavy (non-hydrogen) atoms. The fourth-order valence-electron chi connectivity index (χ4n) is 6.20. The minimum Gasteiger partial charge on any atom is -0.474 e. The van der Waals surface area contributed by atoms with Crippen molar-refractivity contribution < 1.29 is 46.5 Å². The molecular formula is C35H41F3N6O7. The smallest absolute Gasteiger partial charge is 0.415 e. The fourth-order valence-corrected chi connectivity index (χ4v) is 6.20. The van der Waals surface area contributed by atoms with Crippen LogP contribution in [0.1, 0.15) is 59.9 Å². The number of ether oxygens (including phenoxy) is 4. The molecule has 1 saturated heterocycles. The second-order valence-electron chi connectivity index (χ2n) is 15.0. The number of nitrogens with one attached hydrogen (secondary N) is 2. The van der Waals surface area contributed by atoms with Crippen LogP contribution in [-0.4, -0.2) is 88.7 Å². The predicted octanol–water partition coefficient (Wildman–Crippen LogP) is 7.26. The second kappa shape index (κ2) is 13.0. The van der Waals surface area contributed by atoms with Crippen molar-refractivity contribution in [1.82, 2.24) is 14.9 Å². The molecule has 0 spiro atoms. The molecule has 3 aromatic rings. The molecule has 3 amide bonds. The summed E-state index contributed by atoms with van der Waals surface area (Å²) in [6.45, 7) is 11.7. The highest BCUT2D eigenvalue weighted by Crippen LogP contribution is 2.43. The van der Waals surface area contributed by atoms with Crippen LogP contribution in [0, 0.1) is 12.7 Å². The van der Waals surface area contributed by atoms with Gasteiger partial charge >= 0.3 is 18.3 Å². The molecule has 1 aromatic carbocycles. The van der Waals surface area contributed by atoms with Crippen molar-refractivity contribution >= 4 is 46.2 Å². The molecule has 13 nitrogen and oxygen atoms in total. The zero-order valence-electron chi connectivity index (χ0n) is 29.5. The van der Waals surface area contributed by atoms with E-state index in [0.717, 1.165) is 0 Å². The molecule has 6 rings (SSSR count). The molecule has 0 unspecified atom stereocenters. The van der Waals surface area contributed by atoms with Crippen LogP contribution in [0.2, 0.25) is 0 Å². The van der Waals surface area contributed by atoms with Crippen molar-refractivity contribution in [2.75, 3.05) is 41.8 Å². The van der Waals surface area contributed by atoms with E-state index in [1.807, 2.05) is 0 Å². The van der Waals surface area contributed by atoms with Crippen LogP contribution in [0.3, 0.4) is 0 Å². The molecule has 1 aliphatic carbocycles. The summed E-state index contributed by atoms with van der Waals surface area (Å²) in [7, 11) is 0. The Morgan fingerprint density at radius 3 is 2.27 bits per heavy atom. The topological polar surface area (TPSA) is 144 Å². The SMILES string of the molecule is Cc1c(-c2cc3cc(NC(=O)O[C@H]4C[C@@H](N5CC(F)(F)C5)C4)ncc3c(NC(=O)OC(C)(C)C)c2F)cnc2c1N(C(=O)OC(C)(C)C)CCO2. The van der Waals surface area contributed by atoms with Crippen molar-refractivity contribution in [3.05, 3.63) is 35.9 Å². The van der Waals surface area contributed by atoms with Gasteiger partial charge in [-0.25, -0.2) is 37.5 Å². The lowest BCUT2D eigenvalue weighted by atomic mass is 9.85. The predicted molar refractivity (Wildman–Crippen MR) is 182 cm³/mol. The first-order valence-corrected chi connectivity index (χ1v) is 16.6. The minimum absolute atomic E-state index is 0.0212. The Bertz CT molecular complexity index is 1880. The maximum atomic E-state index is 16.6. The van der Waals surface area contributed by atoms with Gasteiger partial charge in [-0.05, 0) is 71.5 Å². The summed E-state index contributed by atoms with van der Waals surface area (Å²) < 4.78 is 65.3. The van der Waals surface area contributed by atoms with Gasteiger partial charge in [-0.1, -0.05) is 0 Å². The summed E-state index contributed by atoms with van der Waals surface area (Å²) in [5.74, 6) is -3.23. The number of anilines is 3. The van der Waals surface area contributed by atoms with E-state index in [2.05, 4.69) is 20.6 Å². The van der Waals surface area contributed by atoms with Gasteiger partial charge in [0, 0.05) is 47.8 Å². The van der Waals surface area contributed by atoms with E-state index in [1.165, 1.54) is 29.4 Å². The average Bonchev–Trinajstić information content (AvgIpc) is 2.97. The number of benzene rings is 1. The first-order chi connectivity index (χ1) is 23.8. The average molecular weight is 715 g/mol. The summed E-state index contributed by atoms with van der Waals surface area (Å²) in [4.78, 5) is 50.6. The molecule has 0 radical (unpaired) electrons. The number of aromatic nitrogens is 2. The molecule has 3 aliphatic rings. The van der Waals surface area contributed by atoms with E-state index in [1.54, 1.807) is 53.4 Å². The molecule has 274 valence electrons. The van der Waals surface area contributed by atoms with E-state index in [4.69, 9.17) is 18.9 Å². The van der Waals surface area contributed by atoms with E-state index in [9.17, 15) is 23.2 Å². The third kappa shape index (κ3) is 7.90. The zero-order valence-corrected chi connectivity index (χ0v) is 29.5. The number of likely N-dealkylation sites (tertiary alicyclic amines) is 1. The lowest BCUT2D eigenvalue weighted by Gasteiger charge is -2.49. The van der Waals surface area contributed by atoms with Crippen LogP contribution < -0.4 is 20.3 Å². The Kier molecular flexibility index (Phi) is 9.19. The van der Waals surface area contributed by atoms with Crippen LogP contribution in [-0.2, 0) is 14.2 Å². The normalized spacial score (nSPS) is 19.9. The number of pyridine rings is 2. The van der Waals surface area contributed by atoms with Gasteiger partial charge in [0.25, 0.3) is 5.92 Å². The maximum absolute atomic E-state index is 16.6. The van der Waals surface area contributed by atoms with Gasteiger partial charge < -0.3 is 18.9 Å². The molecule has 2 N–H and O–H groups in total. The number of carbonyl (C=O) groups is 3. The maximum Gasteiger partial charge on any atom is 0.415 e. The van der Waals surface area contributed by atoms with Crippen molar-refractivity contribution in [3.63, 3.8) is 0 Å². The Hall–Kier alpha value is -4.86. The largest absolute Gasteiger partial charge is 0.474 e. The first-order valence-electron chi connectivity index (χ1n) is 16.6. The Morgan fingerprint density at radius 1 is 0.941 bits per heavy atom. The minimum atomic E-state index is -2.67. The molecular weight excluding hydrogens is 673 g/mol. The molecule has 0 bridgehead atoms. The number of amides is 3. The van der Waals surface area contributed by atoms with E-state index < -0.39 is 47.3 Å². The Morgan fingerprint density at radius 2 is 1.63 bits per heavy atom. The van der Waals surface area contributed by atoms with Gasteiger partial charge in [0.15, 0.2) is 5.82 Å². The summed E-state index contributed by atoms with van der Waals surface area (Å²) >= 11 is 0. The van der Waals surface area contributed by atoms with Gasteiger partial charge in [0.1, 0.15) is 35.4 Å². The van der Waals surface area contributed by atoms with Gasteiger partial charge in [-0.15, -0.1) is 0 Å². The standard InChI is InChI=1S/C35H41F3N6O7/c1-18-23(14-40-29-28(18)44(8-9-48-29)32(47)51-34(5,6)7)22-10-19-11-25(39-15-24(19)27(26(22)36)42-31(46)50-33(2,3)4)41-30(45)49-21-12-20(13-21)43-16-35(37,38)17-43/h10-11,14-15,20-21H,8-9,12-13,16-17H2,1-7H3,(H,42,46)(H,39,41,45)/t20-,21+. The Labute approximate surface area is 292 Å². The summed E-state index contributed by atoms with van der Waals surface area (Å²) in [5.41, 5.74) is -0.791. The fraction of sp³-hybridized carbons (Fsp3) is 0.514. The molecule has 2 aromatic heterocycles. The van der Waals surface area contributed by atoms with Crippen molar-refractivity contribution in [3.8, 4) is 17.0 Å². The number of halogens is 3. The van der Waals surface area contributed by atoms with Gasteiger partial charge in [-0.3, -0.25) is 20.4 Å². The number of alkyl halides is 2. The van der Waals surface area contributed by atoms with Crippen LogP contribution in [0.25, 0.3) is 21.9 Å². The van der Waals surface area contributed by atoms with Crippen LogP contribution >= 0.6 is 0 Å². The molecule has 0 atom stereocenters. The summed E-state index contributed by atoms with van der Waals surface area (Å²) in [6, 6.07) is 2.94. The highest BCUT2D eigenvalue weighted by molar-refractivity contribution is 6.05. The first kappa shape index (κ1) is 35.9. The van der Waals surface area contributed by atoms with Gasteiger partial charge in [-0.2, -0.15) is 0 Å². The molecule has 4 heterocycles. The van der Waals surface area contributed by atoms with Crippen molar-refractivity contribution in [2.45, 2.75) is 90.6 Å². The van der Waals surface area contributed by atoms with E-state index in [-0.39, 0.29) is 60.6 Å². The number of carbonyl (C=O) groups excluding carboxylic acids is 3. The van der Waals surface area contributed by atoms with Crippen molar-refractivity contribution in [1.29, 1.82) is 0 Å². The van der Waals surface area contributed by atoms with Crippen molar-refractivity contribution in [2.24, 2.45) is 0 Å². The lowest BCUT2D eigenvalue weighted by Crippen LogP contribution is -2.63. The quantitative estimate of drug-likeness (QED) is 0.259. The molecule has 2 aliphatic heterocycles. The second-order valence-corrected chi connectivity index (χ2v) is 15.0. The molecule has 1 saturated carbocycles. The number of nitrogens with zero attached hydrogens (tertiary/aromatic N) is 4.